The van der Waals surface area contributed by atoms with Gasteiger partial charge in [-0.15, -0.1) is 0 Å². The van der Waals surface area contributed by atoms with Crippen LogP contribution in [0.4, 0.5) is 11.5 Å². The van der Waals surface area contributed by atoms with E-state index in [2.05, 4.69) is 29.4 Å². The number of hydrogen-bond acceptors (Lipinski definition) is 4. The largest absolute Gasteiger partial charge is 0.396 e. The summed E-state index contributed by atoms with van der Waals surface area (Å²) in [4.78, 5) is 2.21. The first-order valence-electron chi connectivity index (χ1n) is 6.42. The van der Waals surface area contributed by atoms with Gasteiger partial charge in [-0.05, 0) is 19.4 Å². The zero-order chi connectivity index (χ0) is 13.1. The molecule has 1 aromatic rings. The van der Waals surface area contributed by atoms with E-state index in [1.807, 2.05) is 0 Å². The summed E-state index contributed by atoms with van der Waals surface area (Å²) in [6.45, 7) is 7.32. The van der Waals surface area contributed by atoms with Crippen molar-refractivity contribution in [2.45, 2.75) is 26.3 Å². The minimum Gasteiger partial charge on any atom is -0.396 e. The van der Waals surface area contributed by atoms with E-state index >= 15 is 0 Å². The van der Waals surface area contributed by atoms with E-state index in [1.165, 1.54) is 0 Å². The minimum absolute atomic E-state index is 0.273. The summed E-state index contributed by atoms with van der Waals surface area (Å²) in [5.41, 5.74) is 7.42. The lowest BCUT2D eigenvalue weighted by atomic mass is 10.2. The topological polar surface area (TPSA) is 67.2 Å². The average Bonchev–Trinajstić information content (AvgIpc) is 2.75. The van der Waals surface area contributed by atoms with Crippen LogP contribution in [0.5, 0.6) is 0 Å². The molecule has 5 nitrogen and oxygen atoms in total. The first-order valence-corrected chi connectivity index (χ1v) is 6.42. The van der Waals surface area contributed by atoms with Crippen LogP contribution in [0.15, 0.2) is 6.07 Å². The molecule has 1 aliphatic rings. The SMILES string of the molecule is CCC(C)n1c(C#N)cc(N)c1N1CCOCC1. The van der Waals surface area contributed by atoms with Gasteiger partial charge in [-0.2, -0.15) is 5.26 Å². The third kappa shape index (κ3) is 2.16. The van der Waals surface area contributed by atoms with Crippen LogP contribution in [0.25, 0.3) is 0 Å². The maximum absolute atomic E-state index is 9.23. The molecule has 18 heavy (non-hydrogen) atoms. The lowest BCUT2D eigenvalue weighted by Gasteiger charge is -2.31. The number of ether oxygens (including phenoxy) is 1. The van der Waals surface area contributed by atoms with Gasteiger partial charge in [0.1, 0.15) is 17.6 Å². The van der Waals surface area contributed by atoms with Crippen LogP contribution >= 0.6 is 0 Å². The van der Waals surface area contributed by atoms with Crippen LogP contribution in [0, 0.1) is 11.3 Å². The molecule has 1 aromatic heterocycles. The fourth-order valence-corrected chi connectivity index (χ4v) is 2.36. The molecule has 2 heterocycles. The van der Waals surface area contributed by atoms with Gasteiger partial charge in [-0.1, -0.05) is 6.92 Å². The second kappa shape index (κ2) is 5.32. The second-order valence-electron chi connectivity index (χ2n) is 4.65. The van der Waals surface area contributed by atoms with E-state index in [-0.39, 0.29) is 6.04 Å². The summed E-state index contributed by atoms with van der Waals surface area (Å²) < 4.78 is 7.42. The second-order valence-corrected chi connectivity index (χ2v) is 4.65. The van der Waals surface area contributed by atoms with E-state index < -0.39 is 0 Å². The van der Waals surface area contributed by atoms with Crippen molar-refractivity contribution in [3.63, 3.8) is 0 Å². The molecule has 0 bridgehead atoms. The number of aromatic nitrogens is 1. The summed E-state index contributed by atoms with van der Waals surface area (Å²) in [6, 6.07) is 4.28. The summed E-state index contributed by atoms with van der Waals surface area (Å²) in [7, 11) is 0. The van der Waals surface area contributed by atoms with Gasteiger partial charge in [0.15, 0.2) is 0 Å². The molecule has 0 radical (unpaired) electrons. The Kier molecular flexibility index (Phi) is 3.78. The molecule has 1 saturated heterocycles. The van der Waals surface area contributed by atoms with Crippen molar-refractivity contribution in [1.82, 2.24) is 4.57 Å². The Labute approximate surface area is 108 Å². The van der Waals surface area contributed by atoms with Gasteiger partial charge in [0.05, 0.1) is 18.9 Å². The van der Waals surface area contributed by atoms with Crippen LogP contribution < -0.4 is 10.6 Å². The maximum Gasteiger partial charge on any atom is 0.133 e. The summed E-state index contributed by atoms with van der Waals surface area (Å²) in [6.07, 6.45) is 0.972. The number of nitrogens with zero attached hydrogens (tertiary/aromatic N) is 3. The number of hydrogen-bond donors (Lipinski definition) is 1. The van der Waals surface area contributed by atoms with Crippen molar-refractivity contribution in [1.29, 1.82) is 5.26 Å². The highest BCUT2D eigenvalue weighted by molar-refractivity contribution is 5.68. The van der Waals surface area contributed by atoms with Gasteiger partial charge in [0.25, 0.3) is 0 Å². The molecule has 0 aromatic carbocycles. The quantitative estimate of drug-likeness (QED) is 0.885. The minimum atomic E-state index is 0.273. The molecular formula is C13H20N4O. The average molecular weight is 248 g/mol. The highest BCUT2D eigenvalue weighted by Gasteiger charge is 2.23. The predicted octanol–water partition coefficient (Wildman–Crippen LogP) is 1.75. The summed E-state index contributed by atoms with van der Waals surface area (Å²) in [5.74, 6) is 0.976. The molecule has 0 aliphatic carbocycles. The van der Waals surface area contributed by atoms with Gasteiger partial charge >= 0.3 is 0 Å². The highest BCUT2D eigenvalue weighted by atomic mass is 16.5. The molecule has 0 amide bonds. The smallest absolute Gasteiger partial charge is 0.133 e. The van der Waals surface area contributed by atoms with E-state index in [9.17, 15) is 5.26 Å². The van der Waals surface area contributed by atoms with E-state index in [4.69, 9.17) is 10.5 Å². The first-order chi connectivity index (χ1) is 8.69. The molecule has 1 fully saturated rings. The van der Waals surface area contributed by atoms with Crippen molar-refractivity contribution in [2.75, 3.05) is 36.9 Å². The normalized spacial score (nSPS) is 17.5. The lowest BCUT2D eigenvalue weighted by Crippen LogP contribution is -2.38. The Morgan fingerprint density at radius 3 is 2.72 bits per heavy atom. The Hall–Kier alpha value is -1.67. The highest BCUT2D eigenvalue weighted by Crippen LogP contribution is 2.32. The predicted molar refractivity (Wildman–Crippen MR) is 71.6 cm³/mol. The fraction of sp³-hybridized carbons (Fsp3) is 0.615. The number of nitrogens with two attached hydrogens (primary N) is 1. The molecule has 0 spiro atoms. The van der Waals surface area contributed by atoms with Gasteiger partial charge in [0, 0.05) is 19.1 Å². The van der Waals surface area contributed by atoms with Crippen molar-refractivity contribution in [3.05, 3.63) is 11.8 Å². The van der Waals surface area contributed by atoms with Crippen molar-refractivity contribution in [3.8, 4) is 6.07 Å². The molecule has 2 rings (SSSR count). The third-order valence-electron chi connectivity index (χ3n) is 3.49. The monoisotopic (exact) mass is 248 g/mol. The molecule has 5 heteroatoms. The molecule has 1 unspecified atom stereocenters. The number of anilines is 2. The number of nitriles is 1. The Balaban J connectivity index is 2.44. The lowest BCUT2D eigenvalue weighted by molar-refractivity contribution is 0.122. The number of rotatable bonds is 3. The van der Waals surface area contributed by atoms with Crippen molar-refractivity contribution >= 4 is 11.5 Å². The van der Waals surface area contributed by atoms with Crippen LogP contribution in [-0.2, 0) is 4.74 Å². The van der Waals surface area contributed by atoms with E-state index in [0.29, 0.717) is 24.6 Å². The number of nitrogen functional groups attached to an aromatic ring is 1. The number of morpholine rings is 1. The molecule has 1 atom stereocenters. The van der Waals surface area contributed by atoms with Gasteiger partial charge in [-0.25, -0.2) is 0 Å². The Bertz CT molecular complexity index is 454. The summed E-state index contributed by atoms with van der Waals surface area (Å²) >= 11 is 0. The van der Waals surface area contributed by atoms with Gasteiger partial charge in [-0.3, -0.25) is 0 Å². The maximum atomic E-state index is 9.23. The Morgan fingerprint density at radius 1 is 1.50 bits per heavy atom. The molecular weight excluding hydrogens is 228 g/mol. The van der Waals surface area contributed by atoms with Crippen molar-refractivity contribution in [2.24, 2.45) is 0 Å². The van der Waals surface area contributed by atoms with Crippen LogP contribution in [0.3, 0.4) is 0 Å². The fourth-order valence-electron chi connectivity index (χ4n) is 2.36. The van der Waals surface area contributed by atoms with Gasteiger partial charge in [0.2, 0.25) is 0 Å². The van der Waals surface area contributed by atoms with Crippen molar-refractivity contribution < 1.29 is 4.74 Å². The van der Waals surface area contributed by atoms with Crippen LogP contribution in [-0.4, -0.2) is 30.9 Å². The van der Waals surface area contributed by atoms with E-state index in [0.717, 1.165) is 25.3 Å². The standard InChI is InChI=1S/C13H20N4O/c1-3-10(2)17-11(9-14)8-12(15)13(17)16-4-6-18-7-5-16/h8,10H,3-7,15H2,1-2H3. The third-order valence-corrected chi connectivity index (χ3v) is 3.49. The van der Waals surface area contributed by atoms with E-state index in [1.54, 1.807) is 6.07 Å². The summed E-state index contributed by atoms with van der Waals surface area (Å²) in [5, 5.41) is 9.23. The molecule has 98 valence electrons. The first kappa shape index (κ1) is 12.8. The van der Waals surface area contributed by atoms with Crippen LogP contribution in [0.1, 0.15) is 32.0 Å². The Morgan fingerprint density at radius 2 is 2.17 bits per heavy atom. The molecule has 1 aliphatic heterocycles. The molecule has 0 saturated carbocycles. The van der Waals surface area contributed by atoms with Crippen LogP contribution in [0.2, 0.25) is 0 Å². The zero-order valence-corrected chi connectivity index (χ0v) is 11.0. The zero-order valence-electron chi connectivity index (χ0n) is 11.0. The molecule has 2 N–H and O–H groups in total. The van der Waals surface area contributed by atoms with Gasteiger partial charge < -0.3 is 19.9 Å².